The van der Waals surface area contributed by atoms with Gasteiger partial charge in [0.1, 0.15) is 0 Å². The van der Waals surface area contributed by atoms with Crippen molar-refractivity contribution >= 4 is 5.78 Å². The van der Waals surface area contributed by atoms with E-state index >= 15 is 0 Å². The highest BCUT2D eigenvalue weighted by atomic mass is 16.5. The number of carbonyl (C=O) groups excluding carboxylic acids is 1. The average Bonchev–Trinajstić information content (AvgIpc) is 2.91. The van der Waals surface area contributed by atoms with Gasteiger partial charge in [-0.3, -0.25) is 4.79 Å². The first-order valence-electron chi connectivity index (χ1n) is 6.02. The second kappa shape index (κ2) is 4.34. The molecule has 0 spiro atoms. The van der Waals surface area contributed by atoms with Crippen LogP contribution in [-0.4, -0.2) is 18.9 Å². The van der Waals surface area contributed by atoms with E-state index in [9.17, 15) is 4.79 Å². The first-order valence-corrected chi connectivity index (χ1v) is 6.02. The molecule has 2 aliphatic heterocycles. The zero-order valence-electron chi connectivity index (χ0n) is 9.61. The van der Waals surface area contributed by atoms with Crippen LogP contribution in [0.3, 0.4) is 0 Å². The largest absolute Gasteiger partial charge is 0.490 e. The van der Waals surface area contributed by atoms with Crippen LogP contribution in [0.15, 0.2) is 36.1 Å². The minimum absolute atomic E-state index is 0.0932. The van der Waals surface area contributed by atoms with Gasteiger partial charge in [-0.1, -0.05) is 24.3 Å². The predicted octanol–water partition coefficient (Wildman–Crippen LogP) is 1.75. The van der Waals surface area contributed by atoms with E-state index in [-0.39, 0.29) is 11.7 Å². The van der Waals surface area contributed by atoms with Crippen LogP contribution in [0.1, 0.15) is 23.5 Å². The molecule has 2 heterocycles. The highest BCUT2D eigenvalue weighted by molar-refractivity contribution is 5.99. The number of Topliss-reactive ketones (excluding diaryl/α,β-unsaturated/α-hetero) is 1. The fourth-order valence-corrected chi connectivity index (χ4v) is 2.49. The van der Waals surface area contributed by atoms with Gasteiger partial charge in [0.2, 0.25) is 5.78 Å². The molecular weight excluding hydrogens is 214 g/mol. The van der Waals surface area contributed by atoms with Gasteiger partial charge in [-0.05, 0) is 17.2 Å². The Labute approximate surface area is 100 Å². The summed E-state index contributed by atoms with van der Waals surface area (Å²) >= 11 is 0. The van der Waals surface area contributed by atoms with Gasteiger partial charge >= 0.3 is 0 Å². The van der Waals surface area contributed by atoms with Gasteiger partial charge in [0.15, 0.2) is 5.76 Å². The van der Waals surface area contributed by atoms with E-state index in [0.717, 1.165) is 18.5 Å². The van der Waals surface area contributed by atoms with E-state index in [4.69, 9.17) is 4.74 Å². The molecule has 1 atom stereocenters. The highest BCUT2D eigenvalue weighted by Crippen LogP contribution is 2.28. The fraction of sp³-hybridized carbons (Fsp3) is 0.357. The lowest BCUT2D eigenvalue weighted by Gasteiger charge is -2.25. The molecule has 0 radical (unpaired) electrons. The van der Waals surface area contributed by atoms with E-state index in [0.29, 0.717) is 18.9 Å². The quantitative estimate of drug-likeness (QED) is 0.839. The summed E-state index contributed by atoms with van der Waals surface area (Å²) in [6, 6.07) is 8.13. The molecule has 1 aromatic rings. The van der Waals surface area contributed by atoms with Crippen LogP contribution in [0.5, 0.6) is 0 Å². The molecule has 0 saturated carbocycles. The summed E-state index contributed by atoms with van der Waals surface area (Å²) < 4.78 is 5.37. The third-order valence-electron chi connectivity index (χ3n) is 3.36. The lowest BCUT2D eigenvalue weighted by Crippen LogP contribution is -2.33. The molecule has 1 unspecified atom stereocenters. The van der Waals surface area contributed by atoms with E-state index in [1.165, 1.54) is 5.56 Å². The minimum Gasteiger partial charge on any atom is -0.490 e. The summed E-state index contributed by atoms with van der Waals surface area (Å²) in [7, 11) is 0. The zero-order valence-corrected chi connectivity index (χ0v) is 9.61. The zero-order chi connectivity index (χ0) is 11.7. The average molecular weight is 229 g/mol. The number of benzene rings is 1. The minimum atomic E-state index is -0.0932. The predicted molar refractivity (Wildman–Crippen MR) is 64.5 cm³/mol. The second-order valence-electron chi connectivity index (χ2n) is 4.45. The third-order valence-corrected chi connectivity index (χ3v) is 3.36. The summed E-state index contributed by atoms with van der Waals surface area (Å²) in [5.74, 6) is 0.569. The normalized spacial score (nSPS) is 22.6. The molecular formula is C14H15NO2. The second-order valence-corrected chi connectivity index (χ2v) is 4.45. The van der Waals surface area contributed by atoms with Crippen molar-refractivity contribution in [3.63, 3.8) is 0 Å². The summed E-state index contributed by atoms with van der Waals surface area (Å²) in [5.41, 5.74) is 2.36. The van der Waals surface area contributed by atoms with E-state index in [1.54, 1.807) is 0 Å². The molecule has 0 saturated heterocycles. The Balaban J connectivity index is 1.92. The highest BCUT2D eigenvalue weighted by Gasteiger charge is 2.29. The van der Waals surface area contributed by atoms with Crippen molar-refractivity contribution in [3.8, 4) is 0 Å². The van der Waals surface area contributed by atoms with Gasteiger partial charge < -0.3 is 10.1 Å². The molecule has 0 fully saturated rings. The molecule has 88 valence electrons. The molecule has 3 rings (SSSR count). The third kappa shape index (κ3) is 1.87. The first-order chi connectivity index (χ1) is 8.36. The molecule has 1 N–H and O–H groups in total. The summed E-state index contributed by atoms with van der Waals surface area (Å²) in [5, 5.41) is 3.29. The van der Waals surface area contributed by atoms with Crippen molar-refractivity contribution in [1.82, 2.24) is 5.32 Å². The van der Waals surface area contributed by atoms with Crippen molar-refractivity contribution < 1.29 is 9.53 Å². The molecule has 2 aliphatic rings. The van der Waals surface area contributed by atoms with Crippen LogP contribution in [-0.2, 0) is 16.1 Å². The smallest absolute Gasteiger partial charge is 0.205 e. The summed E-state index contributed by atoms with van der Waals surface area (Å²) in [6.07, 6.45) is 2.75. The van der Waals surface area contributed by atoms with Gasteiger partial charge in [-0.25, -0.2) is 0 Å². The first kappa shape index (κ1) is 10.5. The van der Waals surface area contributed by atoms with Crippen molar-refractivity contribution in [2.45, 2.75) is 18.9 Å². The van der Waals surface area contributed by atoms with E-state index in [1.807, 2.05) is 24.3 Å². The number of hydrogen-bond acceptors (Lipinski definition) is 3. The molecule has 3 heteroatoms. The Morgan fingerprint density at radius 1 is 1.35 bits per heavy atom. The van der Waals surface area contributed by atoms with Crippen LogP contribution < -0.4 is 5.32 Å². The van der Waals surface area contributed by atoms with Crippen molar-refractivity contribution in [2.75, 3.05) is 13.2 Å². The Hall–Kier alpha value is -1.61. The van der Waals surface area contributed by atoms with Gasteiger partial charge in [0.05, 0.1) is 12.5 Å². The Kier molecular flexibility index (Phi) is 2.69. The summed E-state index contributed by atoms with van der Waals surface area (Å²) in [4.78, 5) is 12.3. The van der Waals surface area contributed by atoms with Crippen LogP contribution >= 0.6 is 0 Å². The van der Waals surface area contributed by atoms with Gasteiger partial charge in [-0.15, -0.1) is 0 Å². The maximum absolute atomic E-state index is 12.3. The maximum atomic E-state index is 12.3. The molecule has 0 aliphatic carbocycles. The number of allylic oxidation sites excluding steroid dienone is 1. The van der Waals surface area contributed by atoms with E-state index < -0.39 is 0 Å². The fourth-order valence-electron chi connectivity index (χ4n) is 2.49. The number of ether oxygens (including phenoxy) is 1. The molecule has 0 amide bonds. The van der Waals surface area contributed by atoms with Crippen LogP contribution in [0.4, 0.5) is 0 Å². The van der Waals surface area contributed by atoms with Crippen molar-refractivity contribution in [2.24, 2.45) is 0 Å². The molecule has 0 aromatic heterocycles. The van der Waals surface area contributed by atoms with Crippen molar-refractivity contribution in [3.05, 3.63) is 47.2 Å². The molecule has 1 aromatic carbocycles. The Morgan fingerprint density at radius 2 is 2.24 bits per heavy atom. The monoisotopic (exact) mass is 229 g/mol. The molecule has 17 heavy (non-hydrogen) atoms. The topological polar surface area (TPSA) is 38.3 Å². The maximum Gasteiger partial charge on any atom is 0.205 e. The summed E-state index contributed by atoms with van der Waals surface area (Å²) in [6.45, 7) is 2.19. The van der Waals surface area contributed by atoms with Crippen molar-refractivity contribution in [1.29, 1.82) is 0 Å². The number of hydrogen-bond donors (Lipinski definition) is 1. The number of fused-ring (bicyclic) bond motifs is 1. The number of carbonyl (C=O) groups is 1. The van der Waals surface area contributed by atoms with Gasteiger partial charge in [0.25, 0.3) is 0 Å². The number of rotatable bonds is 2. The van der Waals surface area contributed by atoms with Gasteiger partial charge in [0, 0.05) is 19.5 Å². The number of nitrogens with one attached hydrogen (secondary N) is 1. The Morgan fingerprint density at radius 3 is 3.06 bits per heavy atom. The standard InChI is InChI=1S/C14H15NO2/c16-14(13-6-3-7-17-13)12-9-15-8-10-4-1-2-5-11(10)12/h1-2,4-6,12,15H,3,7-9H2. The molecule has 0 bridgehead atoms. The molecule has 3 nitrogen and oxygen atoms in total. The van der Waals surface area contributed by atoms with E-state index in [2.05, 4.69) is 11.4 Å². The Bertz CT molecular complexity index is 479. The van der Waals surface area contributed by atoms with Crippen LogP contribution in [0.25, 0.3) is 0 Å². The lowest BCUT2D eigenvalue weighted by molar-refractivity contribution is -0.120. The van der Waals surface area contributed by atoms with Crippen LogP contribution in [0.2, 0.25) is 0 Å². The lowest BCUT2D eigenvalue weighted by atomic mass is 9.87. The number of ketones is 1. The van der Waals surface area contributed by atoms with Gasteiger partial charge in [-0.2, -0.15) is 0 Å². The SMILES string of the molecule is O=C(C1=CCCO1)C1CNCc2ccccc21. The van der Waals surface area contributed by atoms with Crippen LogP contribution in [0, 0.1) is 0 Å².